The summed E-state index contributed by atoms with van der Waals surface area (Å²) < 4.78 is 5.23. The van der Waals surface area contributed by atoms with Crippen LogP contribution in [0.1, 0.15) is 34.3 Å². The first-order valence-corrected chi connectivity index (χ1v) is 9.35. The second-order valence-electron chi connectivity index (χ2n) is 6.87. The standard InChI is InChI=1S/C21H15Cl2NO3/c1-2-27-19(26)21(11-24)17(15-8-7-13(22)9-16(15)23)20(21)10-12-5-3-4-6-14(12)18(20)25/h3-9,17H,2,10H2,1H3/t17-,20-,21-/m1/s1. The first-order valence-electron chi connectivity index (χ1n) is 8.60. The Morgan fingerprint density at radius 3 is 2.67 bits per heavy atom. The van der Waals surface area contributed by atoms with Crippen LogP contribution in [-0.4, -0.2) is 18.4 Å². The average Bonchev–Trinajstić information content (AvgIpc) is 3.13. The van der Waals surface area contributed by atoms with Gasteiger partial charge in [0.15, 0.2) is 11.2 Å². The smallest absolute Gasteiger partial charge is 0.328 e. The highest BCUT2D eigenvalue weighted by atomic mass is 35.5. The normalized spacial score (nSPS) is 27.9. The zero-order chi connectivity index (χ0) is 19.4. The van der Waals surface area contributed by atoms with Crippen LogP contribution in [-0.2, 0) is 16.0 Å². The van der Waals surface area contributed by atoms with Crippen molar-refractivity contribution >= 4 is 35.0 Å². The van der Waals surface area contributed by atoms with E-state index in [1.165, 1.54) is 0 Å². The highest BCUT2D eigenvalue weighted by Crippen LogP contribution is 2.79. The van der Waals surface area contributed by atoms with Gasteiger partial charge in [-0.2, -0.15) is 5.26 Å². The molecule has 4 nitrogen and oxygen atoms in total. The third kappa shape index (κ3) is 2.16. The monoisotopic (exact) mass is 399 g/mol. The minimum atomic E-state index is -1.60. The van der Waals surface area contributed by atoms with Gasteiger partial charge >= 0.3 is 5.97 Å². The maximum Gasteiger partial charge on any atom is 0.328 e. The molecule has 6 heteroatoms. The van der Waals surface area contributed by atoms with Crippen molar-refractivity contribution in [1.29, 1.82) is 5.26 Å². The van der Waals surface area contributed by atoms with Gasteiger partial charge in [-0.15, -0.1) is 0 Å². The van der Waals surface area contributed by atoms with Gasteiger partial charge in [0.1, 0.15) is 0 Å². The fraction of sp³-hybridized carbons (Fsp3) is 0.286. The van der Waals surface area contributed by atoms with Gasteiger partial charge in [0.2, 0.25) is 0 Å². The van der Waals surface area contributed by atoms with Crippen molar-refractivity contribution in [1.82, 2.24) is 0 Å². The van der Waals surface area contributed by atoms with Crippen LogP contribution in [0.4, 0.5) is 0 Å². The van der Waals surface area contributed by atoms with E-state index < -0.39 is 22.7 Å². The molecule has 0 amide bonds. The van der Waals surface area contributed by atoms with E-state index in [1.54, 1.807) is 37.3 Å². The van der Waals surface area contributed by atoms with E-state index in [-0.39, 0.29) is 12.4 Å². The van der Waals surface area contributed by atoms with Gasteiger partial charge in [0, 0.05) is 21.5 Å². The van der Waals surface area contributed by atoms with Crippen LogP contribution in [0.5, 0.6) is 0 Å². The topological polar surface area (TPSA) is 67.2 Å². The Morgan fingerprint density at radius 1 is 1.30 bits per heavy atom. The summed E-state index contributed by atoms with van der Waals surface area (Å²) in [5.74, 6) is -1.56. The van der Waals surface area contributed by atoms with Crippen molar-refractivity contribution in [3.63, 3.8) is 0 Å². The van der Waals surface area contributed by atoms with E-state index in [4.69, 9.17) is 27.9 Å². The van der Waals surface area contributed by atoms with Crippen LogP contribution < -0.4 is 0 Å². The molecular weight excluding hydrogens is 385 g/mol. The Morgan fingerprint density at radius 2 is 2.04 bits per heavy atom. The highest BCUT2D eigenvalue weighted by molar-refractivity contribution is 6.35. The van der Waals surface area contributed by atoms with Crippen molar-refractivity contribution in [3.8, 4) is 6.07 Å². The number of hydrogen-bond acceptors (Lipinski definition) is 4. The molecule has 1 saturated carbocycles. The number of carbonyl (C=O) groups excluding carboxylic acids is 2. The summed E-state index contributed by atoms with van der Waals surface area (Å²) in [6.45, 7) is 1.80. The third-order valence-corrected chi connectivity index (χ3v) is 6.29. The first kappa shape index (κ1) is 18.0. The molecule has 0 heterocycles. The lowest BCUT2D eigenvalue weighted by molar-refractivity contribution is -0.148. The molecule has 1 fully saturated rings. The number of ether oxygens (including phenoxy) is 1. The van der Waals surface area contributed by atoms with Crippen molar-refractivity contribution in [2.24, 2.45) is 10.8 Å². The maximum atomic E-state index is 13.4. The number of rotatable bonds is 3. The molecule has 0 aromatic heterocycles. The zero-order valence-electron chi connectivity index (χ0n) is 14.5. The number of fused-ring (bicyclic) bond motifs is 1. The second kappa shape index (κ2) is 6.09. The number of benzene rings is 2. The number of nitrogens with zero attached hydrogens (tertiary/aromatic N) is 1. The number of esters is 1. The van der Waals surface area contributed by atoms with Crippen LogP contribution in [0.15, 0.2) is 42.5 Å². The quantitative estimate of drug-likeness (QED) is 0.707. The summed E-state index contributed by atoms with van der Waals surface area (Å²) in [6.07, 6.45) is 0.304. The van der Waals surface area contributed by atoms with Crippen molar-refractivity contribution in [2.75, 3.05) is 6.61 Å². The van der Waals surface area contributed by atoms with E-state index in [0.717, 1.165) is 5.56 Å². The van der Waals surface area contributed by atoms with Crippen LogP contribution >= 0.6 is 23.2 Å². The van der Waals surface area contributed by atoms with Crippen molar-refractivity contribution in [2.45, 2.75) is 19.3 Å². The minimum absolute atomic E-state index is 0.126. The molecule has 0 N–H and O–H groups in total. The third-order valence-electron chi connectivity index (χ3n) is 5.73. The van der Waals surface area contributed by atoms with E-state index in [1.807, 2.05) is 12.1 Å². The number of nitriles is 1. The largest absolute Gasteiger partial charge is 0.465 e. The molecule has 2 aromatic carbocycles. The van der Waals surface area contributed by atoms with Gasteiger partial charge < -0.3 is 4.74 Å². The Hall–Kier alpha value is -2.35. The fourth-order valence-corrected chi connectivity index (χ4v) is 5.11. The van der Waals surface area contributed by atoms with Crippen LogP contribution in [0, 0.1) is 22.2 Å². The molecule has 4 rings (SSSR count). The molecule has 0 unspecified atom stereocenters. The molecule has 2 aliphatic rings. The van der Waals surface area contributed by atoms with Gasteiger partial charge in [-0.05, 0) is 36.6 Å². The van der Waals surface area contributed by atoms with E-state index >= 15 is 0 Å². The van der Waals surface area contributed by atoms with Crippen LogP contribution in [0.25, 0.3) is 0 Å². The molecule has 136 valence electrons. The number of halogens is 2. The van der Waals surface area contributed by atoms with Crippen molar-refractivity contribution < 1.29 is 14.3 Å². The van der Waals surface area contributed by atoms with Gasteiger partial charge in [0.05, 0.1) is 18.1 Å². The van der Waals surface area contributed by atoms with Gasteiger partial charge in [-0.3, -0.25) is 9.59 Å². The molecule has 0 aliphatic heterocycles. The van der Waals surface area contributed by atoms with E-state index in [2.05, 4.69) is 6.07 Å². The average molecular weight is 400 g/mol. The molecular formula is C21H15Cl2NO3. The molecule has 0 radical (unpaired) electrons. The van der Waals surface area contributed by atoms with Gasteiger partial charge in [0.25, 0.3) is 0 Å². The lowest BCUT2D eigenvalue weighted by Crippen LogP contribution is -2.28. The summed E-state index contributed by atoms with van der Waals surface area (Å²) >= 11 is 12.4. The molecule has 0 bridgehead atoms. The fourth-order valence-electron chi connectivity index (χ4n) is 4.59. The Kier molecular flexibility index (Phi) is 4.06. The lowest BCUT2D eigenvalue weighted by atomic mass is 9.89. The highest BCUT2D eigenvalue weighted by Gasteiger charge is 2.87. The molecule has 27 heavy (non-hydrogen) atoms. The number of hydrogen-bond donors (Lipinski definition) is 0. The van der Waals surface area contributed by atoms with Crippen LogP contribution in [0.3, 0.4) is 0 Å². The van der Waals surface area contributed by atoms with Crippen molar-refractivity contribution in [3.05, 3.63) is 69.2 Å². The molecule has 2 aromatic rings. The number of carbonyl (C=O) groups is 2. The first-order chi connectivity index (χ1) is 12.9. The van der Waals surface area contributed by atoms with E-state index in [9.17, 15) is 14.9 Å². The number of ketones is 1. The van der Waals surface area contributed by atoms with Gasteiger partial charge in [-0.25, -0.2) is 0 Å². The number of Topliss-reactive ketones (excluding diaryl/α,β-unsaturated/α-hetero) is 1. The summed E-state index contributed by atoms with van der Waals surface area (Å²) in [4.78, 5) is 26.3. The summed E-state index contributed by atoms with van der Waals surface area (Å²) in [6, 6.07) is 14.2. The minimum Gasteiger partial charge on any atom is -0.465 e. The van der Waals surface area contributed by atoms with Crippen LogP contribution in [0.2, 0.25) is 10.0 Å². The molecule has 1 spiro atoms. The SMILES string of the molecule is CCOC(=O)[C@@]1(C#N)[C@H](c2ccc(Cl)cc2Cl)[C@@]12Cc1ccccc1C2=O. The molecule has 2 aliphatic carbocycles. The summed E-state index contributed by atoms with van der Waals surface area (Å²) in [5, 5.41) is 10.9. The predicted octanol–water partition coefficient (Wildman–Crippen LogP) is 4.59. The maximum absolute atomic E-state index is 13.4. The van der Waals surface area contributed by atoms with Gasteiger partial charge in [-0.1, -0.05) is 53.5 Å². The lowest BCUT2D eigenvalue weighted by Gasteiger charge is -2.12. The summed E-state index contributed by atoms with van der Waals surface area (Å²) in [7, 11) is 0. The van der Waals surface area contributed by atoms with E-state index in [0.29, 0.717) is 27.6 Å². The second-order valence-corrected chi connectivity index (χ2v) is 7.72. The summed E-state index contributed by atoms with van der Waals surface area (Å²) in [5.41, 5.74) is -0.851. The molecule has 3 atom stereocenters. The Bertz CT molecular complexity index is 1030. The predicted molar refractivity (Wildman–Crippen MR) is 101 cm³/mol. The molecule has 0 saturated heterocycles. The Balaban J connectivity index is 1.93. The zero-order valence-corrected chi connectivity index (χ0v) is 16.0. The Labute approximate surface area is 166 Å².